The van der Waals surface area contributed by atoms with Gasteiger partial charge < -0.3 is 15.2 Å². The van der Waals surface area contributed by atoms with Crippen LogP contribution in [0.2, 0.25) is 0 Å². The van der Waals surface area contributed by atoms with E-state index >= 15 is 0 Å². The van der Waals surface area contributed by atoms with Gasteiger partial charge in [0.2, 0.25) is 11.8 Å². The third-order valence-electron chi connectivity index (χ3n) is 4.26. The molecule has 0 saturated heterocycles. The van der Waals surface area contributed by atoms with Crippen LogP contribution < -0.4 is 10.6 Å². The third kappa shape index (κ3) is 6.24. The maximum atomic E-state index is 13.7. The SMILES string of the molecule is C=CCn1c(CC(=O)Nc2cccc(C)c2)nnc1SCC(=O)Nc1ccc(F)cc1F. The van der Waals surface area contributed by atoms with Crippen molar-refractivity contribution in [3.8, 4) is 0 Å². The molecule has 2 amide bonds. The number of benzene rings is 2. The zero-order valence-corrected chi connectivity index (χ0v) is 18.1. The second-order valence-electron chi connectivity index (χ2n) is 6.85. The number of rotatable bonds is 9. The fourth-order valence-electron chi connectivity index (χ4n) is 2.85. The minimum Gasteiger partial charge on any atom is -0.326 e. The first-order chi connectivity index (χ1) is 15.4. The summed E-state index contributed by atoms with van der Waals surface area (Å²) in [6.45, 7) is 5.98. The number of thioether (sulfide) groups is 1. The minimum absolute atomic E-state index is 0.0116. The van der Waals surface area contributed by atoms with E-state index in [0.29, 0.717) is 29.3 Å². The van der Waals surface area contributed by atoms with Crippen molar-refractivity contribution in [3.05, 3.63) is 78.1 Å². The lowest BCUT2D eigenvalue weighted by atomic mass is 10.2. The van der Waals surface area contributed by atoms with Crippen molar-refractivity contribution in [1.82, 2.24) is 14.8 Å². The van der Waals surface area contributed by atoms with Crippen LogP contribution in [0.4, 0.5) is 20.2 Å². The van der Waals surface area contributed by atoms with Crippen LogP contribution in [0, 0.1) is 18.6 Å². The van der Waals surface area contributed by atoms with Gasteiger partial charge in [-0.15, -0.1) is 16.8 Å². The highest BCUT2D eigenvalue weighted by Gasteiger charge is 2.17. The summed E-state index contributed by atoms with van der Waals surface area (Å²) in [5, 5.41) is 13.8. The Bertz CT molecular complexity index is 1150. The van der Waals surface area contributed by atoms with Crippen LogP contribution >= 0.6 is 11.8 Å². The lowest BCUT2D eigenvalue weighted by molar-refractivity contribution is -0.116. The Morgan fingerprint density at radius 3 is 2.66 bits per heavy atom. The van der Waals surface area contributed by atoms with Crippen LogP contribution in [0.15, 0.2) is 60.3 Å². The van der Waals surface area contributed by atoms with Crippen molar-refractivity contribution in [1.29, 1.82) is 0 Å². The molecule has 0 unspecified atom stereocenters. The standard InChI is InChI=1S/C22H21F2N5O2S/c1-3-9-29-19(12-20(30)25-16-6-4-5-14(2)10-16)27-28-22(29)32-13-21(31)26-18-8-7-15(23)11-17(18)24/h3-8,10-11H,1,9,12-13H2,2H3,(H,25,30)(H,26,31). The zero-order chi connectivity index (χ0) is 23.1. The van der Waals surface area contributed by atoms with Gasteiger partial charge in [0, 0.05) is 18.3 Å². The second-order valence-corrected chi connectivity index (χ2v) is 7.80. The number of halogens is 2. The highest BCUT2D eigenvalue weighted by molar-refractivity contribution is 7.99. The summed E-state index contributed by atoms with van der Waals surface area (Å²) in [6.07, 6.45) is 1.62. The number of carbonyl (C=O) groups excluding carboxylic acids is 2. The maximum absolute atomic E-state index is 13.7. The van der Waals surface area contributed by atoms with Gasteiger partial charge in [-0.25, -0.2) is 8.78 Å². The molecular weight excluding hydrogens is 436 g/mol. The third-order valence-corrected chi connectivity index (χ3v) is 5.23. The molecule has 0 aliphatic rings. The van der Waals surface area contributed by atoms with Crippen molar-refractivity contribution in [2.45, 2.75) is 25.0 Å². The zero-order valence-electron chi connectivity index (χ0n) is 17.3. The molecule has 1 aromatic heterocycles. The Kier molecular flexibility index (Phi) is 7.72. The summed E-state index contributed by atoms with van der Waals surface area (Å²) in [7, 11) is 0. The summed E-state index contributed by atoms with van der Waals surface area (Å²) in [5.74, 6) is -2.00. The van der Waals surface area contributed by atoms with E-state index < -0.39 is 17.5 Å². The van der Waals surface area contributed by atoms with E-state index in [4.69, 9.17) is 0 Å². The number of nitrogens with zero attached hydrogens (tertiary/aromatic N) is 3. The van der Waals surface area contributed by atoms with Gasteiger partial charge in [-0.05, 0) is 36.8 Å². The highest BCUT2D eigenvalue weighted by Crippen LogP contribution is 2.20. The molecule has 0 bridgehead atoms. The van der Waals surface area contributed by atoms with E-state index in [2.05, 4.69) is 27.4 Å². The Balaban J connectivity index is 1.62. The number of nitrogens with one attached hydrogen (secondary N) is 2. The Labute approximate surface area is 187 Å². The molecule has 7 nitrogen and oxygen atoms in total. The van der Waals surface area contributed by atoms with E-state index in [1.54, 1.807) is 16.7 Å². The fourth-order valence-corrected chi connectivity index (χ4v) is 3.61. The molecule has 0 atom stereocenters. The van der Waals surface area contributed by atoms with E-state index in [1.165, 1.54) is 0 Å². The predicted molar refractivity (Wildman–Crippen MR) is 119 cm³/mol. The van der Waals surface area contributed by atoms with E-state index in [-0.39, 0.29) is 23.8 Å². The lowest BCUT2D eigenvalue weighted by Gasteiger charge is -2.09. The summed E-state index contributed by atoms with van der Waals surface area (Å²) in [6, 6.07) is 10.3. The summed E-state index contributed by atoms with van der Waals surface area (Å²) >= 11 is 1.08. The van der Waals surface area contributed by atoms with Gasteiger partial charge in [-0.2, -0.15) is 0 Å². The highest BCUT2D eigenvalue weighted by atomic mass is 32.2. The molecule has 0 radical (unpaired) electrons. The predicted octanol–water partition coefficient (Wildman–Crippen LogP) is 3.96. The van der Waals surface area contributed by atoms with Crippen molar-refractivity contribution < 1.29 is 18.4 Å². The molecule has 2 N–H and O–H groups in total. The summed E-state index contributed by atoms with van der Waals surface area (Å²) < 4.78 is 28.4. The van der Waals surface area contributed by atoms with Crippen molar-refractivity contribution in [3.63, 3.8) is 0 Å². The summed E-state index contributed by atoms with van der Waals surface area (Å²) in [5.41, 5.74) is 1.59. The van der Waals surface area contributed by atoms with Crippen LogP contribution in [0.3, 0.4) is 0 Å². The van der Waals surface area contributed by atoms with Gasteiger partial charge in [-0.3, -0.25) is 9.59 Å². The molecule has 3 aromatic rings. The average Bonchev–Trinajstić information content (AvgIpc) is 3.10. The normalized spacial score (nSPS) is 10.6. The Morgan fingerprint density at radius 2 is 1.94 bits per heavy atom. The quantitative estimate of drug-likeness (QED) is 0.375. The van der Waals surface area contributed by atoms with Crippen molar-refractivity contribution >= 4 is 35.0 Å². The smallest absolute Gasteiger partial charge is 0.234 e. The van der Waals surface area contributed by atoms with Crippen molar-refractivity contribution in [2.24, 2.45) is 0 Å². The maximum Gasteiger partial charge on any atom is 0.234 e. The number of aromatic nitrogens is 3. The molecule has 0 fully saturated rings. The first kappa shape index (κ1) is 23.1. The molecule has 0 aliphatic carbocycles. The first-order valence-electron chi connectivity index (χ1n) is 9.63. The van der Waals surface area contributed by atoms with E-state index in [0.717, 1.165) is 29.5 Å². The largest absolute Gasteiger partial charge is 0.326 e. The number of anilines is 2. The van der Waals surface area contributed by atoms with Gasteiger partial charge in [0.05, 0.1) is 17.9 Å². The molecule has 0 spiro atoms. The molecule has 0 saturated carbocycles. The number of carbonyl (C=O) groups is 2. The minimum atomic E-state index is -0.861. The molecule has 32 heavy (non-hydrogen) atoms. The number of allylic oxidation sites excluding steroid dienone is 1. The fraction of sp³-hybridized carbons (Fsp3) is 0.182. The van der Waals surface area contributed by atoms with Gasteiger partial charge in [0.25, 0.3) is 0 Å². The van der Waals surface area contributed by atoms with Crippen LogP contribution in [0.1, 0.15) is 11.4 Å². The lowest BCUT2D eigenvalue weighted by Crippen LogP contribution is -2.18. The molecule has 1 heterocycles. The monoisotopic (exact) mass is 457 g/mol. The number of hydrogen-bond donors (Lipinski definition) is 2. The van der Waals surface area contributed by atoms with Gasteiger partial charge in [-0.1, -0.05) is 30.0 Å². The van der Waals surface area contributed by atoms with Gasteiger partial charge in [0.1, 0.15) is 17.5 Å². The Hall–Kier alpha value is -3.53. The topological polar surface area (TPSA) is 88.9 Å². The van der Waals surface area contributed by atoms with Gasteiger partial charge >= 0.3 is 0 Å². The van der Waals surface area contributed by atoms with Gasteiger partial charge in [0.15, 0.2) is 5.16 Å². The molecule has 0 aliphatic heterocycles. The number of hydrogen-bond acceptors (Lipinski definition) is 5. The molecule has 10 heteroatoms. The van der Waals surface area contributed by atoms with Crippen LogP contribution in [-0.4, -0.2) is 32.3 Å². The van der Waals surface area contributed by atoms with Crippen molar-refractivity contribution in [2.75, 3.05) is 16.4 Å². The number of aryl methyl sites for hydroxylation is 1. The van der Waals surface area contributed by atoms with E-state index in [9.17, 15) is 18.4 Å². The van der Waals surface area contributed by atoms with Crippen LogP contribution in [-0.2, 0) is 22.6 Å². The first-order valence-corrected chi connectivity index (χ1v) is 10.6. The Morgan fingerprint density at radius 1 is 1.12 bits per heavy atom. The molecule has 2 aromatic carbocycles. The number of amides is 2. The molecular formula is C22H21F2N5O2S. The summed E-state index contributed by atoms with van der Waals surface area (Å²) in [4.78, 5) is 24.6. The molecule has 3 rings (SSSR count). The average molecular weight is 458 g/mol. The van der Waals surface area contributed by atoms with E-state index in [1.807, 2.05) is 25.1 Å². The van der Waals surface area contributed by atoms with Crippen LogP contribution in [0.25, 0.3) is 0 Å². The second kappa shape index (κ2) is 10.7. The van der Waals surface area contributed by atoms with Crippen LogP contribution in [0.5, 0.6) is 0 Å². The molecule has 166 valence electrons.